The number of Topliss-reactive ketones (excluding diaryl/α,β-unsaturated/α-hetero) is 1. The molecule has 1 aromatic rings. The number of carbonyl (C=O) groups is 1. The van der Waals surface area contributed by atoms with Crippen molar-refractivity contribution in [3.63, 3.8) is 0 Å². The molecule has 0 saturated heterocycles. The Morgan fingerprint density at radius 1 is 1.19 bits per heavy atom. The molecule has 0 spiro atoms. The van der Waals surface area contributed by atoms with Gasteiger partial charge in [-0.2, -0.15) is 0 Å². The van der Waals surface area contributed by atoms with E-state index >= 15 is 0 Å². The van der Waals surface area contributed by atoms with Crippen molar-refractivity contribution in [3.05, 3.63) is 46.8 Å². The zero-order valence-electron chi connectivity index (χ0n) is 9.28. The van der Waals surface area contributed by atoms with Gasteiger partial charge in [0.1, 0.15) is 5.78 Å². The van der Waals surface area contributed by atoms with Crippen LogP contribution in [0.25, 0.3) is 4.85 Å². The van der Waals surface area contributed by atoms with Gasteiger partial charge in [0.05, 0.1) is 0 Å². The third-order valence-electron chi connectivity index (χ3n) is 3.26. The van der Waals surface area contributed by atoms with Crippen LogP contribution in [0.1, 0.15) is 42.7 Å². The second-order valence-corrected chi connectivity index (χ2v) is 4.37. The van der Waals surface area contributed by atoms with Crippen molar-refractivity contribution in [3.8, 4) is 0 Å². The van der Waals surface area contributed by atoms with E-state index in [2.05, 4.69) is 17.0 Å². The Bertz CT molecular complexity index is 403. The molecule has 1 fully saturated rings. The molecule has 1 aliphatic carbocycles. The zero-order valence-corrected chi connectivity index (χ0v) is 9.28. The molecule has 1 saturated carbocycles. The van der Waals surface area contributed by atoms with Crippen LogP contribution in [0.3, 0.4) is 0 Å². The van der Waals surface area contributed by atoms with E-state index in [1.54, 1.807) is 0 Å². The number of hydrogen-bond donors (Lipinski definition) is 0. The van der Waals surface area contributed by atoms with Gasteiger partial charge in [-0.05, 0) is 24.3 Å². The molecule has 0 aromatic heterocycles. The topological polar surface area (TPSA) is 21.4 Å². The highest BCUT2D eigenvalue weighted by molar-refractivity contribution is 5.79. The summed E-state index contributed by atoms with van der Waals surface area (Å²) in [6.07, 6.45) is 3.44. The van der Waals surface area contributed by atoms with Crippen molar-refractivity contribution in [1.82, 2.24) is 0 Å². The van der Waals surface area contributed by atoms with Crippen LogP contribution >= 0.6 is 0 Å². The van der Waals surface area contributed by atoms with Gasteiger partial charge >= 0.3 is 0 Å². The summed E-state index contributed by atoms with van der Waals surface area (Å²) in [5.41, 5.74) is 2.40. The van der Waals surface area contributed by atoms with E-state index < -0.39 is 0 Å². The summed E-state index contributed by atoms with van der Waals surface area (Å²) in [6, 6.07) is 8.29. The number of nitrogens with zero attached hydrogens (tertiary/aromatic N) is 1. The summed E-state index contributed by atoms with van der Waals surface area (Å²) in [7, 11) is 0. The van der Waals surface area contributed by atoms with E-state index in [0.717, 1.165) is 31.2 Å². The molecule has 0 bridgehead atoms. The monoisotopic (exact) mass is 213 g/mol. The summed E-state index contributed by atoms with van der Waals surface area (Å²) in [5.74, 6) is 0.945. The highest BCUT2D eigenvalue weighted by Crippen LogP contribution is 2.31. The Hall–Kier alpha value is -1.62. The van der Waals surface area contributed by atoms with Crippen LogP contribution in [-0.4, -0.2) is 5.78 Å². The van der Waals surface area contributed by atoms with Gasteiger partial charge in [0.15, 0.2) is 0 Å². The van der Waals surface area contributed by atoms with E-state index in [0.29, 0.717) is 18.2 Å². The maximum atomic E-state index is 11.1. The number of hydrogen-bond acceptors (Lipinski definition) is 1. The standard InChI is InChI=1S/C14H15NO/c1-15-10-11-2-4-12(5-3-11)13-6-8-14(16)9-7-13/h2-5,13H,6-10H2. The third kappa shape index (κ3) is 2.49. The molecule has 1 aliphatic rings. The lowest BCUT2D eigenvalue weighted by molar-refractivity contribution is -0.120. The summed E-state index contributed by atoms with van der Waals surface area (Å²) in [4.78, 5) is 14.5. The lowest BCUT2D eigenvalue weighted by atomic mass is 9.83. The van der Waals surface area contributed by atoms with Crippen molar-refractivity contribution in [2.45, 2.75) is 38.1 Å². The van der Waals surface area contributed by atoms with Crippen LogP contribution in [0.2, 0.25) is 0 Å². The highest BCUT2D eigenvalue weighted by atomic mass is 16.1. The summed E-state index contributed by atoms with van der Waals surface area (Å²) in [6.45, 7) is 7.26. The highest BCUT2D eigenvalue weighted by Gasteiger charge is 2.19. The first-order valence-electron chi connectivity index (χ1n) is 5.73. The Morgan fingerprint density at radius 3 is 2.38 bits per heavy atom. The normalized spacial score (nSPS) is 17.1. The average molecular weight is 213 g/mol. The number of rotatable bonds is 2. The van der Waals surface area contributed by atoms with E-state index in [-0.39, 0.29) is 0 Å². The van der Waals surface area contributed by atoms with Gasteiger partial charge in [-0.25, -0.2) is 6.57 Å². The van der Waals surface area contributed by atoms with E-state index in [9.17, 15) is 4.79 Å². The Balaban J connectivity index is 2.04. The number of ketones is 1. The minimum atomic E-state index is 0.404. The second-order valence-electron chi connectivity index (χ2n) is 4.37. The first-order valence-corrected chi connectivity index (χ1v) is 5.73. The molecular formula is C14H15NO. The molecule has 0 atom stereocenters. The van der Waals surface area contributed by atoms with Crippen LogP contribution in [0.5, 0.6) is 0 Å². The molecule has 0 amide bonds. The van der Waals surface area contributed by atoms with Gasteiger partial charge in [0.2, 0.25) is 6.54 Å². The van der Waals surface area contributed by atoms with Crippen LogP contribution < -0.4 is 0 Å². The van der Waals surface area contributed by atoms with Crippen LogP contribution in [-0.2, 0) is 11.3 Å². The largest absolute Gasteiger partial charge is 0.312 e. The molecule has 0 unspecified atom stereocenters. The molecular weight excluding hydrogens is 198 g/mol. The zero-order chi connectivity index (χ0) is 11.4. The summed E-state index contributed by atoms with van der Waals surface area (Å²) >= 11 is 0. The van der Waals surface area contributed by atoms with E-state index in [1.807, 2.05) is 12.1 Å². The van der Waals surface area contributed by atoms with Gasteiger partial charge in [-0.3, -0.25) is 4.79 Å². The summed E-state index contributed by atoms with van der Waals surface area (Å²) in [5, 5.41) is 0. The lowest BCUT2D eigenvalue weighted by Crippen LogP contribution is -2.12. The van der Waals surface area contributed by atoms with Crippen LogP contribution in [0, 0.1) is 6.57 Å². The predicted molar refractivity (Wildman–Crippen MR) is 63.0 cm³/mol. The third-order valence-corrected chi connectivity index (χ3v) is 3.26. The van der Waals surface area contributed by atoms with Crippen molar-refractivity contribution in [2.24, 2.45) is 0 Å². The number of carbonyl (C=O) groups excluding carboxylic acids is 1. The minimum absolute atomic E-state index is 0.404. The van der Waals surface area contributed by atoms with Crippen molar-refractivity contribution in [1.29, 1.82) is 0 Å². The van der Waals surface area contributed by atoms with Gasteiger partial charge < -0.3 is 4.85 Å². The smallest absolute Gasteiger partial charge is 0.239 e. The molecule has 82 valence electrons. The Kier molecular flexibility index (Phi) is 3.36. The number of benzene rings is 1. The fourth-order valence-corrected chi connectivity index (χ4v) is 2.26. The first kappa shape index (κ1) is 10.9. The molecule has 1 aromatic carbocycles. The quantitative estimate of drug-likeness (QED) is 0.690. The van der Waals surface area contributed by atoms with Crippen LogP contribution in [0.15, 0.2) is 24.3 Å². The second kappa shape index (κ2) is 4.94. The SMILES string of the molecule is [C-]#[N+]Cc1ccc(C2CCC(=O)CC2)cc1. The molecule has 0 N–H and O–H groups in total. The van der Waals surface area contributed by atoms with Gasteiger partial charge in [0, 0.05) is 18.4 Å². The maximum Gasteiger partial charge on any atom is 0.239 e. The summed E-state index contributed by atoms with van der Waals surface area (Å²) < 4.78 is 0. The molecule has 2 nitrogen and oxygen atoms in total. The lowest BCUT2D eigenvalue weighted by Gasteiger charge is -2.21. The fraction of sp³-hybridized carbons (Fsp3) is 0.429. The fourth-order valence-electron chi connectivity index (χ4n) is 2.26. The van der Waals surface area contributed by atoms with E-state index in [1.165, 1.54) is 5.56 Å². The molecule has 16 heavy (non-hydrogen) atoms. The van der Waals surface area contributed by atoms with Crippen LogP contribution in [0.4, 0.5) is 0 Å². The van der Waals surface area contributed by atoms with Gasteiger partial charge in [-0.15, -0.1) is 0 Å². The van der Waals surface area contributed by atoms with Crippen molar-refractivity contribution in [2.75, 3.05) is 0 Å². The molecule has 2 rings (SSSR count). The van der Waals surface area contributed by atoms with Gasteiger partial charge in [0.25, 0.3) is 0 Å². The molecule has 0 heterocycles. The molecule has 0 radical (unpaired) electrons. The van der Waals surface area contributed by atoms with Gasteiger partial charge in [-0.1, -0.05) is 24.3 Å². The van der Waals surface area contributed by atoms with Crippen molar-refractivity contribution < 1.29 is 4.79 Å². The first-order chi connectivity index (χ1) is 7.79. The van der Waals surface area contributed by atoms with E-state index in [4.69, 9.17) is 6.57 Å². The Labute approximate surface area is 96.1 Å². The maximum absolute atomic E-state index is 11.1. The average Bonchev–Trinajstić information content (AvgIpc) is 2.32. The minimum Gasteiger partial charge on any atom is -0.312 e. The molecule has 0 aliphatic heterocycles. The Morgan fingerprint density at radius 2 is 1.81 bits per heavy atom. The predicted octanol–water partition coefficient (Wildman–Crippen LogP) is 3.33. The van der Waals surface area contributed by atoms with Crippen molar-refractivity contribution >= 4 is 5.78 Å². The molecule has 2 heteroatoms.